The summed E-state index contributed by atoms with van der Waals surface area (Å²) < 4.78 is 5.25. The molecule has 4 aliphatic rings. The van der Waals surface area contributed by atoms with E-state index in [1.807, 2.05) is 0 Å². The van der Waals surface area contributed by atoms with E-state index in [9.17, 15) is 0 Å². The molecule has 0 amide bonds. The number of nitrogens with two attached hydrogens (primary N) is 1. The Kier molecular flexibility index (Phi) is 1.70. The Morgan fingerprint density at radius 3 is 2.31 bits per heavy atom. The summed E-state index contributed by atoms with van der Waals surface area (Å²) in [6.45, 7) is 2.99. The summed E-state index contributed by atoms with van der Waals surface area (Å²) in [5.41, 5.74) is 6.46. The normalized spacial score (nSPS) is 46.4. The van der Waals surface area contributed by atoms with Crippen molar-refractivity contribution in [1.29, 1.82) is 0 Å². The minimum Gasteiger partial charge on any atom is -0.378 e. The summed E-state index contributed by atoms with van der Waals surface area (Å²) in [6.07, 6.45) is 5.10. The van der Waals surface area contributed by atoms with Crippen molar-refractivity contribution in [3.05, 3.63) is 0 Å². The molecule has 4 fully saturated rings. The maximum atomic E-state index is 6.32. The largest absolute Gasteiger partial charge is 0.378 e. The maximum Gasteiger partial charge on any atom is 0.0645 e. The first-order valence-corrected chi connectivity index (χ1v) is 5.39. The smallest absolute Gasteiger partial charge is 0.0645 e. The molecular formula is C10H18N2O. The van der Waals surface area contributed by atoms with E-state index in [1.165, 1.54) is 25.7 Å². The van der Waals surface area contributed by atoms with Gasteiger partial charge in [-0.2, -0.15) is 0 Å². The molecule has 3 heterocycles. The summed E-state index contributed by atoms with van der Waals surface area (Å²) in [4.78, 5) is 2.61. The van der Waals surface area contributed by atoms with E-state index in [-0.39, 0.29) is 5.54 Å². The Morgan fingerprint density at radius 1 is 1.15 bits per heavy atom. The highest BCUT2D eigenvalue weighted by Gasteiger charge is 2.45. The number of nitrogens with zero attached hydrogens (tertiary/aromatic N) is 1. The van der Waals surface area contributed by atoms with E-state index in [0.717, 1.165) is 25.8 Å². The lowest BCUT2D eigenvalue weighted by Gasteiger charge is -2.55. The summed E-state index contributed by atoms with van der Waals surface area (Å²) >= 11 is 0. The number of fused-ring (bicyclic) bond motifs is 3. The van der Waals surface area contributed by atoms with Crippen molar-refractivity contribution >= 4 is 0 Å². The predicted octanol–water partition coefficient (Wildman–Crippen LogP) is 0.341. The van der Waals surface area contributed by atoms with Crippen LogP contribution < -0.4 is 5.73 Å². The molecule has 3 saturated heterocycles. The van der Waals surface area contributed by atoms with Crippen molar-refractivity contribution in [3.63, 3.8) is 0 Å². The van der Waals surface area contributed by atoms with Gasteiger partial charge in [-0.15, -0.1) is 0 Å². The van der Waals surface area contributed by atoms with Crippen LogP contribution in [0.2, 0.25) is 0 Å². The van der Waals surface area contributed by atoms with Gasteiger partial charge in [-0.05, 0) is 25.7 Å². The highest BCUT2D eigenvalue weighted by Crippen LogP contribution is 2.38. The minimum absolute atomic E-state index is 0.143. The van der Waals surface area contributed by atoms with Gasteiger partial charge >= 0.3 is 0 Å². The SMILES string of the molecule is NC12CCC(CC1)N(C1COC1)C2. The molecule has 1 aliphatic carbocycles. The summed E-state index contributed by atoms with van der Waals surface area (Å²) in [5, 5.41) is 0. The quantitative estimate of drug-likeness (QED) is 0.635. The van der Waals surface area contributed by atoms with E-state index >= 15 is 0 Å². The molecule has 0 unspecified atom stereocenters. The van der Waals surface area contributed by atoms with Gasteiger partial charge in [0.15, 0.2) is 0 Å². The zero-order chi connectivity index (χ0) is 8.89. The zero-order valence-corrected chi connectivity index (χ0v) is 8.04. The molecule has 74 valence electrons. The Morgan fingerprint density at radius 2 is 1.85 bits per heavy atom. The Labute approximate surface area is 79.2 Å². The molecule has 3 heteroatoms. The van der Waals surface area contributed by atoms with E-state index in [2.05, 4.69) is 4.90 Å². The van der Waals surface area contributed by atoms with Gasteiger partial charge in [-0.25, -0.2) is 0 Å². The van der Waals surface area contributed by atoms with E-state index < -0.39 is 0 Å². The van der Waals surface area contributed by atoms with Crippen molar-refractivity contribution in [1.82, 2.24) is 4.90 Å². The lowest BCUT2D eigenvalue weighted by atomic mass is 9.74. The average molecular weight is 182 g/mol. The van der Waals surface area contributed by atoms with Gasteiger partial charge in [0.05, 0.1) is 19.3 Å². The molecule has 2 N–H and O–H groups in total. The molecule has 4 rings (SSSR count). The number of ether oxygens (including phenoxy) is 1. The number of hydrogen-bond acceptors (Lipinski definition) is 3. The van der Waals surface area contributed by atoms with Crippen LogP contribution in [-0.4, -0.2) is 42.3 Å². The second-order valence-electron chi connectivity index (χ2n) is 4.96. The Bertz CT molecular complexity index is 207. The summed E-state index contributed by atoms with van der Waals surface area (Å²) in [6, 6.07) is 1.51. The lowest BCUT2D eigenvalue weighted by molar-refractivity contribution is -0.113. The highest BCUT2D eigenvalue weighted by atomic mass is 16.5. The monoisotopic (exact) mass is 182 g/mol. The van der Waals surface area contributed by atoms with Crippen LogP contribution in [0.1, 0.15) is 25.7 Å². The third-order valence-electron chi connectivity index (χ3n) is 4.01. The summed E-state index contributed by atoms with van der Waals surface area (Å²) in [7, 11) is 0. The van der Waals surface area contributed by atoms with Gasteiger partial charge in [-0.1, -0.05) is 0 Å². The lowest BCUT2D eigenvalue weighted by Crippen LogP contribution is -2.67. The van der Waals surface area contributed by atoms with Crippen molar-refractivity contribution in [3.8, 4) is 0 Å². The molecule has 0 aromatic heterocycles. The van der Waals surface area contributed by atoms with Crippen LogP contribution in [0.5, 0.6) is 0 Å². The van der Waals surface area contributed by atoms with Crippen LogP contribution in [-0.2, 0) is 4.74 Å². The predicted molar refractivity (Wildman–Crippen MR) is 50.5 cm³/mol. The first kappa shape index (κ1) is 8.21. The Balaban J connectivity index is 1.75. The van der Waals surface area contributed by atoms with Crippen LogP contribution in [0.3, 0.4) is 0 Å². The Hall–Kier alpha value is -0.120. The average Bonchev–Trinajstić information content (AvgIpc) is 2.01. The van der Waals surface area contributed by atoms with Crippen molar-refractivity contribution in [2.45, 2.75) is 43.3 Å². The fraction of sp³-hybridized carbons (Fsp3) is 1.00. The first-order valence-electron chi connectivity index (χ1n) is 5.39. The molecular weight excluding hydrogens is 164 g/mol. The molecule has 13 heavy (non-hydrogen) atoms. The molecule has 0 aromatic carbocycles. The van der Waals surface area contributed by atoms with Crippen LogP contribution >= 0.6 is 0 Å². The van der Waals surface area contributed by atoms with Gasteiger partial charge in [0.1, 0.15) is 0 Å². The molecule has 0 aromatic rings. The van der Waals surface area contributed by atoms with Crippen molar-refractivity contribution in [2.24, 2.45) is 5.73 Å². The van der Waals surface area contributed by atoms with E-state index in [0.29, 0.717) is 6.04 Å². The fourth-order valence-electron chi connectivity index (χ4n) is 3.00. The second-order valence-corrected chi connectivity index (χ2v) is 4.96. The first-order chi connectivity index (χ1) is 6.27. The summed E-state index contributed by atoms with van der Waals surface area (Å²) in [5.74, 6) is 0. The fourth-order valence-corrected chi connectivity index (χ4v) is 3.00. The molecule has 0 atom stereocenters. The van der Waals surface area contributed by atoms with Gasteiger partial charge in [0, 0.05) is 18.1 Å². The minimum atomic E-state index is 0.143. The molecule has 2 bridgehead atoms. The number of rotatable bonds is 1. The third-order valence-corrected chi connectivity index (χ3v) is 4.01. The molecule has 1 saturated carbocycles. The van der Waals surface area contributed by atoms with Gasteiger partial charge in [0.25, 0.3) is 0 Å². The van der Waals surface area contributed by atoms with Crippen molar-refractivity contribution in [2.75, 3.05) is 19.8 Å². The van der Waals surface area contributed by atoms with Gasteiger partial charge in [-0.3, -0.25) is 4.90 Å². The standard InChI is InChI=1S/C10H18N2O/c11-10-3-1-8(2-4-10)12(7-10)9-5-13-6-9/h8-9H,1-7,11H2. The highest BCUT2D eigenvalue weighted by molar-refractivity contribution is 5.03. The van der Waals surface area contributed by atoms with Gasteiger partial charge in [0.2, 0.25) is 0 Å². The molecule has 0 spiro atoms. The number of hydrogen-bond donors (Lipinski definition) is 1. The van der Waals surface area contributed by atoms with Gasteiger partial charge < -0.3 is 10.5 Å². The maximum absolute atomic E-state index is 6.32. The topological polar surface area (TPSA) is 38.5 Å². The number of piperidine rings is 2. The second kappa shape index (κ2) is 2.69. The van der Waals surface area contributed by atoms with Crippen LogP contribution in [0.25, 0.3) is 0 Å². The van der Waals surface area contributed by atoms with E-state index in [4.69, 9.17) is 10.5 Å². The van der Waals surface area contributed by atoms with Crippen molar-refractivity contribution < 1.29 is 4.74 Å². The molecule has 0 radical (unpaired) electrons. The van der Waals surface area contributed by atoms with Crippen LogP contribution in [0.4, 0.5) is 0 Å². The third kappa shape index (κ3) is 1.22. The van der Waals surface area contributed by atoms with E-state index in [1.54, 1.807) is 0 Å². The zero-order valence-electron chi connectivity index (χ0n) is 8.04. The molecule has 3 aliphatic heterocycles. The molecule has 3 nitrogen and oxygen atoms in total. The van der Waals surface area contributed by atoms with Crippen LogP contribution in [0.15, 0.2) is 0 Å². The van der Waals surface area contributed by atoms with Crippen LogP contribution in [0, 0.1) is 0 Å².